The number of allylic oxidation sites excluding steroid dienone is 1. The lowest BCUT2D eigenvalue weighted by Gasteiger charge is -2.45. The molecule has 3 unspecified atom stereocenters. The van der Waals surface area contributed by atoms with Crippen LogP contribution in [0.25, 0.3) is 0 Å². The third-order valence-corrected chi connectivity index (χ3v) is 4.59. The highest BCUT2D eigenvalue weighted by Gasteiger charge is 2.45. The Labute approximate surface area is 89.0 Å². The molecule has 14 heavy (non-hydrogen) atoms. The molecule has 78 valence electrons. The summed E-state index contributed by atoms with van der Waals surface area (Å²) in [6.07, 6.45) is 4.20. The van der Waals surface area contributed by atoms with E-state index in [4.69, 9.17) is 0 Å². The van der Waals surface area contributed by atoms with Gasteiger partial charge < -0.3 is 4.90 Å². The van der Waals surface area contributed by atoms with Crippen molar-refractivity contribution < 1.29 is 0 Å². The Kier molecular flexibility index (Phi) is 2.21. The molecule has 0 N–H and O–H groups in total. The van der Waals surface area contributed by atoms with Gasteiger partial charge in [-0.25, -0.2) is 0 Å². The fraction of sp³-hybridized carbons (Fsp3) is 0.833. The maximum absolute atomic E-state index is 2.53. The summed E-state index contributed by atoms with van der Waals surface area (Å²) < 4.78 is 0. The molecule has 2 heteroatoms. The molecule has 1 aliphatic heterocycles. The average Bonchev–Trinajstić information content (AvgIpc) is 2.31. The molecule has 0 aromatic rings. The van der Waals surface area contributed by atoms with Crippen molar-refractivity contribution in [3.8, 4) is 0 Å². The van der Waals surface area contributed by atoms with E-state index in [-0.39, 0.29) is 0 Å². The molecule has 1 nitrogen and oxygen atoms in total. The van der Waals surface area contributed by atoms with Gasteiger partial charge in [0.1, 0.15) is 7.85 Å². The lowest BCUT2D eigenvalue weighted by atomic mass is 9.55. The molecule has 1 aliphatic carbocycles. The first-order valence-corrected chi connectivity index (χ1v) is 5.85. The van der Waals surface area contributed by atoms with E-state index in [1.807, 2.05) is 0 Å². The van der Waals surface area contributed by atoms with Crippen LogP contribution in [0.3, 0.4) is 0 Å². The third-order valence-electron chi connectivity index (χ3n) is 4.59. The van der Waals surface area contributed by atoms with Crippen LogP contribution < -0.4 is 0 Å². The Bertz CT molecular complexity index is 280. The number of hydrogen-bond donors (Lipinski definition) is 0. The predicted octanol–water partition coefficient (Wildman–Crippen LogP) is 2.21. The highest BCUT2D eigenvalue weighted by Crippen LogP contribution is 2.52. The molecule has 0 amide bonds. The van der Waals surface area contributed by atoms with Gasteiger partial charge in [-0.2, -0.15) is 0 Å². The van der Waals surface area contributed by atoms with Crippen LogP contribution in [0.15, 0.2) is 11.3 Å². The van der Waals surface area contributed by atoms with Crippen molar-refractivity contribution >= 4 is 7.85 Å². The Hall–Kier alpha value is -0.395. The predicted molar refractivity (Wildman–Crippen MR) is 64.2 cm³/mol. The Morgan fingerprint density at radius 1 is 1.43 bits per heavy atom. The second-order valence-corrected chi connectivity index (χ2v) is 5.81. The zero-order valence-corrected chi connectivity index (χ0v) is 10.2. The van der Waals surface area contributed by atoms with E-state index in [9.17, 15) is 0 Å². The van der Waals surface area contributed by atoms with Gasteiger partial charge in [0.2, 0.25) is 0 Å². The summed E-state index contributed by atoms with van der Waals surface area (Å²) in [5.74, 6) is 0.837. The van der Waals surface area contributed by atoms with Crippen LogP contribution in [0, 0.1) is 5.92 Å². The summed E-state index contributed by atoms with van der Waals surface area (Å²) in [6.45, 7) is 7.05. The van der Waals surface area contributed by atoms with E-state index < -0.39 is 0 Å². The molecule has 0 spiro atoms. The van der Waals surface area contributed by atoms with Gasteiger partial charge in [-0.05, 0) is 31.2 Å². The molecule has 0 aromatic carbocycles. The van der Waals surface area contributed by atoms with Gasteiger partial charge >= 0.3 is 0 Å². The molecule has 1 saturated carbocycles. The molecule has 3 atom stereocenters. The number of fused-ring (bicyclic) bond motifs is 1. The summed E-state index contributed by atoms with van der Waals surface area (Å²) >= 11 is 0. The molecule has 1 fully saturated rings. The summed E-state index contributed by atoms with van der Waals surface area (Å²) in [4.78, 5) is 2.53. The Balaban J connectivity index is 2.34. The lowest BCUT2D eigenvalue weighted by molar-refractivity contribution is 0.169. The maximum Gasteiger partial charge on any atom is 0.111 e. The van der Waals surface area contributed by atoms with Gasteiger partial charge in [-0.1, -0.05) is 19.8 Å². The molecule has 0 aromatic heterocycles. The van der Waals surface area contributed by atoms with Crippen molar-refractivity contribution in [1.82, 2.24) is 4.90 Å². The lowest BCUT2D eigenvalue weighted by Crippen LogP contribution is -2.43. The van der Waals surface area contributed by atoms with Crippen LogP contribution in [0.4, 0.5) is 0 Å². The van der Waals surface area contributed by atoms with E-state index in [2.05, 4.69) is 40.6 Å². The quantitative estimate of drug-likeness (QED) is 0.530. The second kappa shape index (κ2) is 3.05. The zero-order valence-electron chi connectivity index (χ0n) is 10.2. The minimum absolute atomic E-state index is 0.497. The minimum Gasteiger partial charge on any atom is -0.375 e. The molecule has 0 radical (unpaired) electrons. The van der Waals surface area contributed by atoms with Gasteiger partial charge in [0.15, 0.2) is 0 Å². The van der Waals surface area contributed by atoms with Crippen molar-refractivity contribution in [3.63, 3.8) is 0 Å². The number of hydrogen-bond acceptors (Lipinski definition) is 1. The zero-order chi connectivity index (χ0) is 10.5. The van der Waals surface area contributed by atoms with Crippen LogP contribution in [0.2, 0.25) is 5.31 Å². The highest BCUT2D eigenvalue weighted by molar-refractivity contribution is 6.15. The van der Waals surface area contributed by atoms with Crippen molar-refractivity contribution in [2.75, 3.05) is 7.05 Å². The van der Waals surface area contributed by atoms with Crippen molar-refractivity contribution in [2.45, 2.75) is 51.4 Å². The van der Waals surface area contributed by atoms with E-state index in [0.717, 1.165) is 12.0 Å². The maximum atomic E-state index is 2.53. The second-order valence-electron chi connectivity index (χ2n) is 5.81. The largest absolute Gasteiger partial charge is 0.375 e. The minimum atomic E-state index is 0.497. The van der Waals surface area contributed by atoms with E-state index >= 15 is 0 Å². The Morgan fingerprint density at radius 2 is 2.07 bits per heavy atom. The average molecular weight is 191 g/mol. The standard InChI is InChI=1S/C12H22BN/c1-8-9(2)14(4)11-10(8)6-5-7-12(11,3)13/h10-11H,5-7,13H2,1-4H3. The normalized spacial score (nSPS) is 43.0. The fourth-order valence-electron chi connectivity index (χ4n) is 3.63. The van der Waals surface area contributed by atoms with Crippen LogP contribution in [-0.4, -0.2) is 25.8 Å². The van der Waals surface area contributed by atoms with Crippen LogP contribution in [0.1, 0.15) is 40.0 Å². The summed E-state index contributed by atoms with van der Waals surface area (Å²) in [5.41, 5.74) is 3.17. The summed E-state index contributed by atoms with van der Waals surface area (Å²) in [5, 5.41) is 0.497. The van der Waals surface area contributed by atoms with Crippen molar-refractivity contribution in [3.05, 3.63) is 11.3 Å². The van der Waals surface area contributed by atoms with E-state index in [0.29, 0.717) is 5.31 Å². The first kappa shape index (κ1) is 10.1. The molecule has 1 heterocycles. The topological polar surface area (TPSA) is 3.24 Å². The fourth-order valence-corrected chi connectivity index (χ4v) is 3.63. The highest BCUT2D eigenvalue weighted by atomic mass is 15.2. The molecular weight excluding hydrogens is 169 g/mol. The summed E-state index contributed by atoms with van der Waals surface area (Å²) in [6, 6.07) is 0.760. The van der Waals surface area contributed by atoms with Gasteiger partial charge in [0.05, 0.1) is 0 Å². The van der Waals surface area contributed by atoms with E-state index in [1.54, 1.807) is 5.57 Å². The molecule has 2 aliphatic rings. The van der Waals surface area contributed by atoms with Crippen LogP contribution in [-0.2, 0) is 0 Å². The Morgan fingerprint density at radius 3 is 2.64 bits per heavy atom. The summed E-state index contributed by atoms with van der Waals surface area (Å²) in [7, 11) is 4.71. The third kappa shape index (κ3) is 1.23. The first-order valence-electron chi connectivity index (χ1n) is 5.85. The molecule has 0 bridgehead atoms. The van der Waals surface area contributed by atoms with Crippen LogP contribution >= 0.6 is 0 Å². The van der Waals surface area contributed by atoms with Gasteiger partial charge in [0.25, 0.3) is 0 Å². The SMILES string of the molecule is BC1(C)CCCC2C(C)=C(C)N(C)C21. The van der Waals surface area contributed by atoms with Crippen molar-refractivity contribution in [1.29, 1.82) is 0 Å². The van der Waals surface area contributed by atoms with Gasteiger partial charge in [-0.15, -0.1) is 0 Å². The van der Waals surface area contributed by atoms with Crippen LogP contribution in [0.5, 0.6) is 0 Å². The first-order chi connectivity index (χ1) is 6.45. The number of rotatable bonds is 0. The number of nitrogens with zero attached hydrogens (tertiary/aromatic N) is 1. The monoisotopic (exact) mass is 191 g/mol. The molecule has 0 saturated heterocycles. The van der Waals surface area contributed by atoms with Crippen molar-refractivity contribution in [2.24, 2.45) is 5.92 Å². The van der Waals surface area contributed by atoms with Gasteiger partial charge in [-0.3, -0.25) is 0 Å². The smallest absolute Gasteiger partial charge is 0.111 e. The van der Waals surface area contributed by atoms with E-state index in [1.165, 1.54) is 25.0 Å². The van der Waals surface area contributed by atoms with Gasteiger partial charge in [0, 0.05) is 24.7 Å². The molecular formula is C12H22BN. The molecule has 2 rings (SSSR count).